The molecular formula is C15H23N3O3. The van der Waals surface area contributed by atoms with Crippen LogP contribution >= 0.6 is 0 Å². The average molecular weight is 293 g/mol. The first kappa shape index (κ1) is 15.7. The molecule has 0 bridgehead atoms. The summed E-state index contributed by atoms with van der Waals surface area (Å²) in [6, 6.07) is 1.62. The second kappa shape index (κ2) is 5.97. The molecule has 2 heterocycles. The molecule has 0 aromatic carbocycles. The summed E-state index contributed by atoms with van der Waals surface area (Å²) in [5.41, 5.74) is 0.344. The maximum Gasteiger partial charge on any atom is 0.356 e. The third-order valence-electron chi connectivity index (χ3n) is 4.22. The van der Waals surface area contributed by atoms with Crippen molar-refractivity contribution in [1.82, 2.24) is 9.97 Å². The SMILES string of the molecule is CC[C@H]1CN(c2nc(C)cc(C(=O)OC)n2)CC[C@@]1(C)O. The van der Waals surface area contributed by atoms with E-state index in [0.717, 1.165) is 12.1 Å². The van der Waals surface area contributed by atoms with Crippen LogP contribution in [0.1, 0.15) is 42.9 Å². The molecule has 1 aromatic heterocycles. The third kappa shape index (κ3) is 3.32. The first-order valence-corrected chi connectivity index (χ1v) is 7.28. The number of nitrogens with zero attached hydrogens (tertiary/aromatic N) is 3. The Kier molecular flexibility index (Phi) is 4.46. The number of aryl methyl sites for hydroxylation is 1. The zero-order chi connectivity index (χ0) is 15.6. The van der Waals surface area contributed by atoms with Gasteiger partial charge in [0.1, 0.15) is 0 Å². The number of anilines is 1. The highest BCUT2D eigenvalue weighted by Gasteiger charge is 2.37. The normalized spacial score (nSPS) is 25.8. The van der Waals surface area contributed by atoms with Gasteiger partial charge in [-0.15, -0.1) is 0 Å². The van der Waals surface area contributed by atoms with E-state index in [-0.39, 0.29) is 11.6 Å². The average Bonchev–Trinajstić information content (AvgIpc) is 2.45. The molecule has 1 aromatic rings. The fraction of sp³-hybridized carbons (Fsp3) is 0.667. The van der Waals surface area contributed by atoms with E-state index < -0.39 is 11.6 Å². The maximum atomic E-state index is 11.7. The Hall–Kier alpha value is -1.69. The molecule has 1 fully saturated rings. The highest BCUT2D eigenvalue weighted by Crippen LogP contribution is 2.31. The molecule has 21 heavy (non-hydrogen) atoms. The smallest absolute Gasteiger partial charge is 0.356 e. The van der Waals surface area contributed by atoms with Crippen molar-refractivity contribution >= 4 is 11.9 Å². The fourth-order valence-electron chi connectivity index (χ4n) is 2.77. The Morgan fingerprint density at radius 3 is 2.90 bits per heavy atom. The Balaban J connectivity index is 2.26. The fourth-order valence-corrected chi connectivity index (χ4v) is 2.77. The summed E-state index contributed by atoms with van der Waals surface area (Å²) >= 11 is 0. The molecule has 6 nitrogen and oxygen atoms in total. The molecule has 1 aliphatic rings. The van der Waals surface area contributed by atoms with Crippen molar-refractivity contribution in [2.45, 2.75) is 39.2 Å². The second-order valence-corrected chi connectivity index (χ2v) is 5.84. The van der Waals surface area contributed by atoms with Crippen LogP contribution in [-0.4, -0.2) is 46.8 Å². The van der Waals surface area contributed by atoms with E-state index in [1.165, 1.54) is 7.11 Å². The van der Waals surface area contributed by atoms with Crippen molar-refractivity contribution in [3.63, 3.8) is 0 Å². The molecule has 2 atom stereocenters. The summed E-state index contributed by atoms with van der Waals surface area (Å²) in [6.07, 6.45) is 1.55. The number of esters is 1. The number of hydrogen-bond acceptors (Lipinski definition) is 6. The second-order valence-electron chi connectivity index (χ2n) is 5.84. The van der Waals surface area contributed by atoms with E-state index >= 15 is 0 Å². The Labute approximate surface area is 125 Å². The monoisotopic (exact) mass is 293 g/mol. The Bertz CT molecular complexity index is 531. The number of carbonyl (C=O) groups is 1. The van der Waals surface area contributed by atoms with Crippen LogP contribution in [0.15, 0.2) is 6.07 Å². The van der Waals surface area contributed by atoms with Crippen LogP contribution in [0.25, 0.3) is 0 Å². The summed E-state index contributed by atoms with van der Waals surface area (Å²) in [4.78, 5) is 22.4. The number of carbonyl (C=O) groups excluding carboxylic acids is 1. The van der Waals surface area contributed by atoms with E-state index in [0.29, 0.717) is 25.5 Å². The van der Waals surface area contributed by atoms with E-state index in [4.69, 9.17) is 4.74 Å². The van der Waals surface area contributed by atoms with Gasteiger partial charge in [0, 0.05) is 24.7 Å². The number of aliphatic hydroxyl groups is 1. The van der Waals surface area contributed by atoms with Gasteiger partial charge in [0.25, 0.3) is 0 Å². The van der Waals surface area contributed by atoms with Crippen LogP contribution in [0.2, 0.25) is 0 Å². The predicted molar refractivity (Wildman–Crippen MR) is 79.3 cm³/mol. The standard InChI is InChI=1S/C15H23N3O3/c1-5-11-9-18(7-6-15(11,3)20)14-16-10(2)8-12(17-14)13(19)21-4/h8,11,20H,5-7,9H2,1-4H3/t11-,15+/m0/s1. The van der Waals surface area contributed by atoms with Crippen LogP contribution < -0.4 is 4.90 Å². The van der Waals surface area contributed by atoms with Crippen molar-refractivity contribution in [2.75, 3.05) is 25.1 Å². The molecule has 116 valence electrons. The minimum atomic E-state index is -0.653. The lowest BCUT2D eigenvalue weighted by atomic mass is 9.81. The van der Waals surface area contributed by atoms with Gasteiger partial charge in [-0.25, -0.2) is 14.8 Å². The largest absolute Gasteiger partial charge is 0.464 e. The molecule has 6 heteroatoms. The molecule has 0 aliphatic carbocycles. The minimum absolute atomic E-state index is 0.164. The number of piperidine rings is 1. The van der Waals surface area contributed by atoms with Gasteiger partial charge in [0.15, 0.2) is 5.69 Å². The van der Waals surface area contributed by atoms with Gasteiger partial charge in [-0.1, -0.05) is 6.92 Å². The highest BCUT2D eigenvalue weighted by atomic mass is 16.5. The zero-order valence-electron chi connectivity index (χ0n) is 13.1. The van der Waals surface area contributed by atoms with Crippen LogP contribution in [-0.2, 0) is 4.74 Å². The van der Waals surface area contributed by atoms with Crippen LogP contribution in [0, 0.1) is 12.8 Å². The number of methoxy groups -OCH3 is 1. The highest BCUT2D eigenvalue weighted by molar-refractivity contribution is 5.87. The van der Waals surface area contributed by atoms with Crippen molar-refractivity contribution in [1.29, 1.82) is 0 Å². The Morgan fingerprint density at radius 2 is 2.29 bits per heavy atom. The van der Waals surface area contributed by atoms with E-state index in [9.17, 15) is 9.90 Å². The quantitative estimate of drug-likeness (QED) is 0.852. The van der Waals surface area contributed by atoms with Gasteiger partial charge >= 0.3 is 5.97 Å². The lowest BCUT2D eigenvalue weighted by Crippen LogP contribution is -2.50. The molecule has 0 radical (unpaired) electrons. The summed E-state index contributed by atoms with van der Waals surface area (Å²) in [5, 5.41) is 10.4. The molecule has 0 spiro atoms. The molecule has 1 N–H and O–H groups in total. The van der Waals surface area contributed by atoms with Crippen LogP contribution in [0.3, 0.4) is 0 Å². The lowest BCUT2D eigenvalue weighted by Gasteiger charge is -2.42. The minimum Gasteiger partial charge on any atom is -0.464 e. The van der Waals surface area contributed by atoms with Gasteiger partial charge in [-0.2, -0.15) is 0 Å². The van der Waals surface area contributed by atoms with Gasteiger partial charge in [-0.05, 0) is 32.8 Å². The third-order valence-corrected chi connectivity index (χ3v) is 4.22. The maximum absolute atomic E-state index is 11.7. The van der Waals surface area contributed by atoms with E-state index in [1.807, 2.05) is 18.7 Å². The summed E-state index contributed by atoms with van der Waals surface area (Å²) in [7, 11) is 1.34. The Morgan fingerprint density at radius 1 is 1.57 bits per heavy atom. The van der Waals surface area contributed by atoms with Gasteiger partial charge in [0.05, 0.1) is 12.7 Å². The first-order chi connectivity index (χ1) is 9.87. The van der Waals surface area contributed by atoms with Crippen molar-refractivity contribution < 1.29 is 14.6 Å². The van der Waals surface area contributed by atoms with E-state index in [2.05, 4.69) is 16.9 Å². The summed E-state index contributed by atoms with van der Waals surface area (Å²) in [5.74, 6) is 0.235. The van der Waals surface area contributed by atoms with Gasteiger partial charge in [0.2, 0.25) is 5.95 Å². The molecule has 0 amide bonds. The molecule has 2 rings (SSSR count). The molecular weight excluding hydrogens is 270 g/mol. The first-order valence-electron chi connectivity index (χ1n) is 7.28. The molecule has 1 saturated heterocycles. The van der Waals surface area contributed by atoms with Gasteiger partial charge < -0.3 is 14.7 Å². The molecule has 0 saturated carbocycles. The lowest BCUT2D eigenvalue weighted by molar-refractivity contribution is -0.0185. The van der Waals surface area contributed by atoms with Crippen molar-refractivity contribution in [3.8, 4) is 0 Å². The van der Waals surface area contributed by atoms with Crippen LogP contribution in [0.4, 0.5) is 5.95 Å². The van der Waals surface area contributed by atoms with Crippen LogP contribution in [0.5, 0.6) is 0 Å². The number of hydrogen-bond donors (Lipinski definition) is 1. The summed E-state index contributed by atoms with van der Waals surface area (Å²) < 4.78 is 4.72. The van der Waals surface area contributed by atoms with Crippen molar-refractivity contribution in [3.05, 3.63) is 17.5 Å². The molecule has 0 unspecified atom stereocenters. The van der Waals surface area contributed by atoms with Crippen molar-refractivity contribution in [2.24, 2.45) is 5.92 Å². The number of aromatic nitrogens is 2. The zero-order valence-corrected chi connectivity index (χ0v) is 13.1. The van der Waals surface area contributed by atoms with Gasteiger partial charge in [-0.3, -0.25) is 0 Å². The predicted octanol–water partition coefficient (Wildman–Crippen LogP) is 1.56. The van der Waals surface area contributed by atoms with E-state index in [1.54, 1.807) is 6.07 Å². The number of ether oxygens (including phenoxy) is 1. The number of rotatable bonds is 3. The summed E-state index contributed by atoms with van der Waals surface area (Å²) in [6.45, 7) is 7.14. The molecule has 1 aliphatic heterocycles. The topological polar surface area (TPSA) is 75.6 Å².